The highest BCUT2D eigenvalue weighted by atomic mass is 35.6. The second-order valence-corrected chi connectivity index (χ2v) is 12.2. The van der Waals surface area contributed by atoms with Crippen molar-refractivity contribution in [3.05, 3.63) is 71.8 Å². The van der Waals surface area contributed by atoms with Crippen molar-refractivity contribution in [2.45, 2.75) is 60.3 Å². The van der Waals surface area contributed by atoms with Crippen molar-refractivity contribution in [3.8, 4) is 0 Å². The molecule has 4 N–H and O–H groups in total. The van der Waals surface area contributed by atoms with Crippen LogP contribution in [0, 0.1) is 0 Å². The first-order valence-corrected chi connectivity index (χ1v) is 15.0. The Labute approximate surface area is 269 Å². The van der Waals surface area contributed by atoms with Gasteiger partial charge in [0, 0.05) is 13.2 Å². The van der Waals surface area contributed by atoms with Gasteiger partial charge in [0.2, 0.25) is 3.79 Å². The molecular formula is C29H35Cl3N2O10. The summed E-state index contributed by atoms with van der Waals surface area (Å²) >= 11 is 17.0. The van der Waals surface area contributed by atoms with Crippen LogP contribution in [0.25, 0.3) is 0 Å². The molecule has 12 nitrogen and oxygen atoms in total. The summed E-state index contributed by atoms with van der Waals surface area (Å²) in [5.41, 5.74) is 1.07. The summed E-state index contributed by atoms with van der Waals surface area (Å²) in [5.74, 6) is -0.789. The van der Waals surface area contributed by atoms with Gasteiger partial charge in [-0.15, -0.1) is 0 Å². The Hall–Kier alpha value is -2.84. The summed E-state index contributed by atoms with van der Waals surface area (Å²) in [6.07, 6.45) is -5.22. The predicted octanol–water partition coefficient (Wildman–Crippen LogP) is 3.87. The monoisotopic (exact) mass is 676 g/mol. The fourth-order valence-electron chi connectivity index (χ4n) is 4.16. The number of halogens is 3. The van der Waals surface area contributed by atoms with E-state index < -0.39 is 65.8 Å². The van der Waals surface area contributed by atoms with Gasteiger partial charge in [0.05, 0.1) is 12.2 Å². The number of carbonyl (C=O) groups is 3. The number of aliphatic hydroxyl groups is 2. The van der Waals surface area contributed by atoms with Crippen molar-refractivity contribution >= 4 is 53.0 Å². The van der Waals surface area contributed by atoms with Crippen molar-refractivity contribution < 1.29 is 48.3 Å². The van der Waals surface area contributed by atoms with Gasteiger partial charge in [-0.2, -0.15) is 0 Å². The average molecular weight is 678 g/mol. The minimum atomic E-state index is -1.88. The topological polar surface area (TPSA) is 162 Å². The summed E-state index contributed by atoms with van der Waals surface area (Å²) in [4.78, 5) is 37.3. The van der Waals surface area contributed by atoms with E-state index in [-0.39, 0.29) is 18.8 Å². The van der Waals surface area contributed by atoms with Gasteiger partial charge in [0.1, 0.15) is 31.5 Å². The van der Waals surface area contributed by atoms with Crippen molar-refractivity contribution in [3.63, 3.8) is 0 Å². The molecule has 0 spiro atoms. The van der Waals surface area contributed by atoms with Crippen molar-refractivity contribution in [1.82, 2.24) is 10.6 Å². The molecule has 1 aliphatic heterocycles. The Morgan fingerprint density at radius 2 is 1.59 bits per heavy atom. The number of aliphatic hydroxyl groups excluding tert-OH is 2. The normalized spacial score (nSPS) is 21.6. The van der Waals surface area contributed by atoms with Crippen LogP contribution in [0.1, 0.15) is 35.2 Å². The number of hydrogen-bond acceptors (Lipinski definition) is 10. The summed E-state index contributed by atoms with van der Waals surface area (Å²) in [6.45, 7) is -0.550. The van der Waals surface area contributed by atoms with E-state index in [4.69, 9.17) is 58.5 Å². The van der Waals surface area contributed by atoms with Gasteiger partial charge in [0.15, 0.2) is 12.4 Å². The number of hydrogen-bond donors (Lipinski definition) is 4. The Bertz CT molecular complexity index is 1170. The maximum absolute atomic E-state index is 12.9. The van der Waals surface area contributed by atoms with Gasteiger partial charge in [0.25, 0.3) is 0 Å². The van der Waals surface area contributed by atoms with Crippen molar-refractivity contribution in [2.75, 3.05) is 26.4 Å². The van der Waals surface area contributed by atoms with Crippen LogP contribution in [0.3, 0.4) is 0 Å². The minimum Gasteiger partial charge on any atom is -0.453 e. The van der Waals surface area contributed by atoms with Crippen LogP contribution in [0.5, 0.6) is 0 Å². The van der Waals surface area contributed by atoms with E-state index >= 15 is 0 Å². The largest absolute Gasteiger partial charge is 0.453 e. The van der Waals surface area contributed by atoms with E-state index in [1.165, 1.54) is 12.1 Å². The molecule has 1 aliphatic rings. The van der Waals surface area contributed by atoms with Gasteiger partial charge in [-0.1, -0.05) is 83.3 Å². The van der Waals surface area contributed by atoms with Crippen molar-refractivity contribution in [2.24, 2.45) is 0 Å². The number of rotatable bonds is 14. The first-order valence-electron chi connectivity index (χ1n) is 13.8. The van der Waals surface area contributed by atoms with Crippen LogP contribution in [0.15, 0.2) is 60.7 Å². The SMILES string of the molecule is O=C(NCCCCCO[C@@H]1O[C@H](CO)[C@@H](O)[C@H](OC(=O)c2ccccc2)[C@H]1NC(=O)OCC(Cl)(Cl)Cl)OCc1ccccc1. The lowest BCUT2D eigenvalue weighted by Crippen LogP contribution is -2.66. The molecule has 2 aromatic carbocycles. The second kappa shape index (κ2) is 18.2. The first kappa shape index (κ1) is 35.6. The summed E-state index contributed by atoms with van der Waals surface area (Å²) in [7, 11) is 0. The highest BCUT2D eigenvalue weighted by Crippen LogP contribution is 2.28. The average Bonchev–Trinajstić information content (AvgIpc) is 3.01. The molecule has 0 saturated carbocycles. The Kier molecular flexibility index (Phi) is 14.7. The van der Waals surface area contributed by atoms with Gasteiger partial charge in [-0.05, 0) is 37.0 Å². The number of ether oxygens (including phenoxy) is 5. The summed E-state index contributed by atoms with van der Waals surface area (Å²) in [5, 5.41) is 25.8. The highest BCUT2D eigenvalue weighted by Gasteiger charge is 2.49. The molecule has 0 radical (unpaired) electrons. The third-order valence-electron chi connectivity index (χ3n) is 6.34. The molecule has 0 aliphatic carbocycles. The smallest absolute Gasteiger partial charge is 0.407 e. The molecular weight excluding hydrogens is 643 g/mol. The lowest BCUT2D eigenvalue weighted by molar-refractivity contribution is -0.269. The van der Waals surface area contributed by atoms with E-state index in [9.17, 15) is 24.6 Å². The van der Waals surface area contributed by atoms with Gasteiger partial charge in [-0.3, -0.25) is 0 Å². The highest BCUT2D eigenvalue weighted by molar-refractivity contribution is 6.67. The molecule has 44 heavy (non-hydrogen) atoms. The maximum atomic E-state index is 12.9. The quantitative estimate of drug-likeness (QED) is 0.100. The predicted molar refractivity (Wildman–Crippen MR) is 160 cm³/mol. The zero-order valence-corrected chi connectivity index (χ0v) is 25.9. The summed E-state index contributed by atoms with van der Waals surface area (Å²) in [6, 6.07) is 16.0. The Morgan fingerprint density at radius 3 is 2.25 bits per heavy atom. The van der Waals surface area contributed by atoms with Gasteiger partial charge >= 0.3 is 18.2 Å². The lowest BCUT2D eigenvalue weighted by Gasteiger charge is -2.43. The molecule has 0 bridgehead atoms. The number of esters is 1. The van der Waals surface area contributed by atoms with Crippen LogP contribution in [-0.4, -0.2) is 89.2 Å². The molecule has 1 heterocycles. The number of carbonyl (C=O) groups excluding carboxylic acids is 3. The van der Waals surface area contributed by atoms with Gasteiger partial charge < -0.3 is 44.5 Å². The van der Waals surface area contributed by atoms with Gasteiger partial charge in [-0.25, -0.2) is 14.4 Å². The number of unbranched alkanes of at least 4 members (excludes halogenated alkanes) is 2. The third-order valence-corrected chi connectivity index (χ3v) is 6.67. The van der Waals surface area contributed by atoms with Crippen LogP contribution in [0.4, 0.5) is 9.59 Å². The molecule has 1 saturated heterocycles. The second-order valence-electron chi connectivity index (χ2n) is 9.73. The van der Waals surface area contributed by atoms with E-state index in [2.05, 4.69) is 10.6 Å². The molecule has 5 atom stereocenters. The van der Waals surface area contributed by atoms with E-state index in [1.807, 2.05) is 30.3 Å². The first-order chi connectivity index (χ1) is 21.1. The number of alkyl halides is 3. The van der Waals surface area contributed by atoms with Crippen LogP contribution in [0.2, 0.25) is 0 Å². The molecule has 0 aromatic heterocycles. The Balaban J connectivity index is 1.55. The maximum Gasteiger partial charge on any atom is 0.407 e. The van der Waals surface area contributed by atoms with Crippen LogP contribution in [-0.2, 0) is 30.3 Å². The molecule has 15 heteroatoms. The molecule has 2 aromatic rings. The number of benzene rings is 2. The standard InChI is InChI=1S/C29H35Cl3N2O10/c30-29(31,32)18-42-28(39)34-22-24(44-25(37)20-12-6-2-7-13-20)23(36)21(16-35)43-26(22)40-15-9-3-8-14-33-27(38)41-17-19-10-4-1-5-11-19/h1-2,4-7,10-13,21-24,26,35-36H,3,8-9,14-18H2,(H,33,38)(H,34,39)/t21-,22-,23-,24-,26-/m1/s1. The molecule has 1 fully saturated rings. The summed E-state index contributed by atoms with van der Waals surface area (Å²) < 4.78 is 25.4. The third kappa shape index (κ3) is 12.3. The van der Waals surface area contributed by atoms with E-state index in [0.29, 0.717) is 25.8 Å². The number of alkyl carbamates (subject to hydrolysis) is 2. The minimum absolute atomic E-state index is 0.123. The fraction of sp³-hybridized carbons (Fsp3) is 0.483. The zero-order valence-electron chi connectivity index (χ0n) is 23.6. The molecule has 2 amide bonds. The van der Waals surface area contributed by atoms with Crippen LogP contribution < -0.4 is 10.6 Å². The molecule has 0 unspecified atom stereocenters. The lowest BCUT2D eigenvalue weighted by atomic mass is 9.96. The fourth-order valence-corrected chi connectivity index (χ4v) is 4.33. The molecule has 3 rings (SSSR count). The van der Waals surface area contributed by atoms with Crippen LogP contribution >= 0.6 is 34.8 Å². The number of nitrogens with one attached hydrogen (secondary N) is 2. The van der Waals surface area contributed by atoms with E-state index in [1.54, 1.807) is 18.2 Å². The Morgan fingerprint density at radius 1 is 0.909 bits per heavy atom. The van der Waals surface area contributed by atoms with Crippen molar-refractivity contribution in [1.29, 1.82) is 0 Å². The van der Waals surface area contributed by atoms with E-state index in [0.717, 1.165) is 5.56 Å². The molecule has 242 valence electrons. The number of amides is 2. The zero-order chi connectivity index (χ0) is 32.0.